The molecule has 0 unspecified atom stereocenters. The van der Waals surface area contributed by atoms with Crippen molar-refractivity contribution in [3.05, 3.63) is 34.1 Å². The number of aliphatic hydroxyl groups excluding tert-OH is 1. The molecular formula is C12H17FN2O5S. The molecule has 0 saturated carbocycles. The van der Waals surface area contributed by atoms with Crippen molar-refractivity contribution in [3.8, 4) is 0 Å². The molecule has 118 valence electrons. The van der Waals surface area contributed by atoms with E-state index in [4.69, 9.17) is 0 Å². The van der Waals surface area contributed by atoms with Gasteiger partial charge < -0.3 is 5.11 Å². The van der Waals surface area contributed by atoms with Crippen molar-refractivity contribution in [2.75, 3.05) is 6.61 Å². The van der Waals surface area contributed by atoms with Crippen LogP contribution in [0.5, 0.6) is 0 Å². The molecule has 0 bridgehead atoms. The van der Waals surface area contributed by atoms with E-state index in [2.05, 4.69) is 4.72 Å². The van der Waals surface area contributed by atoms with Crippen molar-refractivity contribution in [3.63, 3.8) is 0 Å². The molecular weight excluding hydrogens is 303 g/mol. The summed E-state index contributed by atoms with van der Waals surface area (Å²) in [5, 5.41) is 19.9. The lowest BCUT2D eigenvalue weighted by Gasteiger charge is -2.30. The minimum atomic E-state index is -4.09. The Bertz CT molecular complexity index is 620. The highest BCUT2D eigenvalue weighted by atomic mass is 32.2. The molecule has 21 heavy (non-hydrogen) atoms. The number of halogens is 1. The molecule has 1 aromatic carbocycles. The number of nitro benzene ring substituents is 1. The predicted molar refractivity (Wildman–Crippen MR) is 73.8 cm³/mol. The molecule has 1 rings (SSSR count). The Morgan fingerprint density at radius 3 is 2.33 bits per heavy atom. The summed E-state index contributed by atoms with van der Waals surface area (Å²) in [4.78, 5) is 9.16. The number of nitrogens with zero attached hydrogens (tertiary/aromatic N) is 1. The van der Waals surface area contributed by atoms with Gasteiger partial charge in [0.1, 0.15) is 0 Å². The van der Waals surface area contributed by atoms with Crippen molar-refractivity contribution in [2.45, 2.75) is 37.1 Å². The molecule has 0 atom stereocenters. The lowest BCUT2D eigenvalue weighted by molar-refractivity contribution is -0.387. The number of benzene rings is 1. The molecule has 0 aromatic heterocycles. The van der Waals surface area contributed by atoms with Crippen LogP contribution in [0.1, 0.15) is 26.7 Å². The average Bonchev–Trinajstić information content (AvgIpc) is 2.44. The summed E-state index contributed by atoms with van der Waals surface area (Å²) in [7, 11) is -4.09. The maximum absolute atomic E-state index is 13.5. The summed E-state index contributed by atoms with van der Waals surface area (Å²) in [6.07, 6.45) is 0.684. The topological polar surface area (TPSA) is 110 Å². The molecule has 0 saturated heterocycles. The van der Waals surface area contributed by atoms with Crippen molar-refractivity contribution >= 4 is 15.7 Å². The molecule has 0 amide bonds. The van der Waals surface area contributed by atoms with Gasteiger partial charge in [0.25, 0.3) is 0 Å². The largest absolute Gasteiger partial charge is 0.394 e. The van der Waals surface area contributed by atoms with Crippen molar-refractivity contribution in [1.29, 1.82) is 0 Å². The molecule has 0 aliphatic heterocycles. The smallest absolute Gasteiger partial charge is 0.304 e. The van der Waals surface area contributed by atoms with Crippen molar-refractivity contribution < 1.29 is 22.8 Å². The number of nitrogens with one attached hydrogen (secondary N) is 1. The summed E-state index contributed by atoms with van der Waals surface area (Å²) in [6, 6.07) is 2.34. The van der Waals surface area contributed by atoms with E-state index in [0.29, 0.717) is 18.9 Å². The van der Waals surface area contributed by atoms with Gasteiger partial charge in [-0.15, -0.1) is 0 Å². The predicted octanol–water partition coefficient (Wildman–Crippen LogP) is 1.56. The van der Waals surface area contributed by atoms with Gasteiger partial charge in [0.15, 0.2) is 0 Å². The van der Waals surface area contributed by atoms with Crippen LogP contribution in [0.15, 0.2) is 23.1 Å². The molecule has 0 aliphatic carbocycles. The fraction of sp³-hybridized carbons (Fsp3) is 0.500. The van der Waals surface area contributed by atoms with Gasteiger partial charge in [-0.05, 0) is 18.9 Å². The Labute approximate surface area is 122 Å². The van der Waals surface area contributed by atoms with E-state index in [1.165, 1.54) is 0 Å². The highest BCUT2D eigenvalue weighted by Crippen LogP contribution is 2.23. The molecule has 0 radical (unpaired) electrons. The van der Waals surface area contributed by atoms with E-state index >= 15 is 0 Å². The Morgan fingerprint density at radius 2 is 1.95 bits per heavy atom. The molecule has 0 spiro atoms. The summed E-state index contributed by atoms with van der Waals surface area (Å²) in [5.74, 6) is -1.23. The first-order chi connectivity index (χ1) is 9.71. The minimum absolute atomic E-state index is 0.342. The second-order valence-electron chi connectivity index (χ2n) is 4.62. The third kappa shape index (κ3) is 3.74. The third-order valence-corrected chi connectivity index (χ3v) is 5.01. The second-order valence-corrected chi connectivity index (χ2v) is 6.30. The van der Waals surface area contributed by atoms with Crippen molar-refractivity contribution in [2.24, 2.45) is 0 Å². The van der Waals surface area contributed by atoms with Crippen LogP contribution in [0.2, 0.25) is 0 Å². The fourth-order valence-electron chi connectivity index (χ4n) is 1.80. The number of rotatable bonds is 7. The molecule has 1 aromatic rings. The van der Waals surface area contributed by atoms with Crippen LogP contribution in [0.3, 0.4) is 0 Å². The first kappa shape index (κ1) is 17.5. The normalized spacial score (nSPS) is 12.4. The monoisotopic (exact) mass is 320 g/mol. The van der Waals surface area contributed by atoms with E-state index in [-0.39, 0.29) is 0 Å². The first-order valence-corrected chi connectivity index (χ1v) is 7.78. The van der Waals surface area contributed by atoms with Gasteiger partial charge in [0.05, 0.1) is 22.0 Å². The first-order valence-electron chi connectivity index (χ1n) is 6.30. The minimum Gasteiger partial charge on any atom is -0.394 e. The van der Waals surface area contributed by atoms with Gasteiger partial charge in [-0.2, -0.15) is 4.39 Å². The van der Waals surface area contributed by atoms with Gasteiger partial charge in [0.2, 0.25) is 15.8 Å². The van der Waals surface area contributed by atoms with Crippen LogP contribution in [0.25, 0.3) is 0 Å². The van der Waals surface area contributed by atoms with E-state index in [9.17, 15) is 28.0 Å². The van der Waals surface area contributed by atoms with Crippen LogP contribution in [0.4, 0.5) is 10.1 Å². The Morgan fingerprint density at radius 1 is 1.38 bits per heavy atom. The summed E-state index contributed by atoms with van der Waals surface area (Å²) in [6.45, 7) is 3.01. The van der Waals surface area contributed by atoms with E-state index < -0.39 is 43.5 Å². The van der Waals surface area contributed by atoms with Gasteiger partial charge in [-0.3, -0.25) is 10.1 Å². The molecule has 7 nitrogen and oxygen atoms in total. The fourth-order valence-corrected chi connectivity index (χ4v) is 3.34. The molecule has 9 heteroatoms. The SMILES string of the molecule is CCC(CC)(CO)NS(=O)(=O)c1ccc([N+](=O)[O-])c(F)c1. The Hall–Kier alpha value is -1.58. The molecule has 0 heterocycles. The van der Waals surface area contributed by atoms with E-state index in [1.807, 2.05) is 0 Å². The molecule has 0 fully saturated rings. The van der Waals surface area contributed by atoms with Gasteiger partial charge in [-0.1, -0.05) is 13.8 Å². The Balaban J connectivity index is 3.20. The number of nitro groups is 1. The van der Waals surface area contributed by atoms with Gasteiger partial charge in [-0.25, -0.2) is 13.1 Å². The molecule has 0 aliphatic rings. The van der Waals surface area contributed by atoms with Crippen LogP contribution in [-0.4, -0.2) is 30.6 Å². The van der Waals surface area contributed by atoms with Crippen LogP contribution < -0.4 is 4.72 Å². The second kappa shape index (κ2) is 6.46. The van der Waals surface area contributed by atoms with E-state index in [1.54, 1.807) is 13.8 Å². The maximum Gasteiger partial charge on any atom is 0.304 e. The lowest BCUT2D eigenvalue weighted by atomic mass is 9.96. The average molecular weight is 320 g/mol. The van der Waals surface area contributed by atoms with Gasteiger partial charge >= 0.3 is 5.69 Å². The van der Waals surface area contributed by atoms with Crippen LogP contribution in [-0.2, 0) is 10.0 Å². The quantitative estimate of drug-likeness (QED) is 0.585. The highest BCUT2D eigenvalue weighted by Gasteiger charge is 2.32. The number of hydrogen-bond donors (Lipinski definition) is 2. The number of aliphatic hydroxyl groups is 1. The van der Waals surface area contributed by atoms with Gasteiger partial charge in [0, 0.05) is 12.1 Å². The van der Waals surface area contributed by atoms with Crippen LogP contribution >= 0.6 is 0 Å². The zero-order valence-corrected chi connectivity index (χ0v) is 12.5. The third-order valence-electron chi connectivity index (χ3n) is 3.43. The summed E-state index contributed by atoms with van der Waals surface area (Å²) < 4.78 is 40.3. The summed E-state index contributed by atoms with van der Waals surface area (Å²) >= 11 is 0. The lowest BCUT2D eigenvalue weighted by Crippen LogP contribution is -2.50. The Kier molecular flexibility index (Phi) is 5.37. The van der Waals surface area contributed by atoms with E-state index in [0.717, 1.165) is 12.1 Å². The number of sulfonamides is 1. The zero-order valence-electron chi connectivity index (χ0n) is 11.7. The maximum atomic E-state index is 13.5. The number of hydrogen-bond acceptors (Lipinski definition) is 5. The molecule has 2 N–H and O–H groups in total. The highest BCUT2D eigenvalue weighted by molar-refractivity contribution is 7.89. The van der Waals surface area contributed by atoms with Crippen LogP contribution in [0, 0.1) is 15.9 Å². The standard InChI is InChI=1S/C12H17FN2O5S/c1-3-12(4-2,8-16)14-21(19,20)9-5-6-11(15(17)18)10(13)7-9/h5-7,14,16H,3-4,8H2,1-2H3. The summed E-state index contributed by atoms with van der Waals surface area (Å²) in [5.41, 5.74) is -1.84. The zero-order chi connectivity index (χ0) is 16.3. The van der Waals surface area contributed by atoms with Crippen molar-refractivity contribution in [1.82, 2.24) is 4.72 Å².